The minimum absolute atomic E-state index is 0.0199. The molecular weight excluding hydrogens is 309 g/mol. The van der Waals surface area contributed by atoms with Crippen LogP contribution in [-0.4, -0.2) is 19.7 Å². The van der Waals surface area contributed by atoms with Crippen molar-refractivity contribution in [2.24, 2.45) is 5.84 Å². The number of anilines is 1. The Bertz CT molecular complexity index is 695. The van der Waals surface area contributed by atoms with Crippen molar-refractivity contribution in [2.75, 3.05) is 5.43 Å². The molecule has 0 aliphatic heterocycles. The molecule has 0 saturated heterocycles. The summed E-state index contributed by atoms with van der Waals surface area (Å²) < 4.78 is 39.6. The summed E-state index contributed by atoms with van der Waals surface area (Å²) in [7, 11) is 0. The molecule has 0 aliphatic rings. The summed E-state index contributed by atoms with van der Waals surface area (Å²) in [5.74, 6) is 4.99. The maximum absolute atomic E-state index is 12.8. The lowest BCUT2D eigenvalue weighted by Gasteiger charge is -2.10. The molecule has 0 amide bonds. The topological polar surface area (TPSA) is 102 Å². The van der Waals surface area contributed by atoms with Crippen LogP contribution in [0.2, 0.25) is 0 Å². The van der Waals surface area contributed by atoms with Crippen molar-refractivity contribution in [1.29, 1.82) is 0 Å². The average Bonchev–Trinajstić information content (AvgIpc) is 2.77. The highest BCUT2D eigenvalue weighted by atomic mass is 32.2. The van der Waals surface area contributed by atoms with Crippen molar-refractivity contribution < 1.29 is 13.2 Å². The molecule has 4 N–H and O–H groups in total. The van der Waals surface area contributed by atoms with Gasteiger partial charge in [-0.2, -0.15) is 13.2 Å². The molecule has 2 aromatic heterocycles. The first-order valence-electron chi connectivity index (χ1n) is 5.74. The van der Waals surface area contributed by atoms with Crippen LogP contribution in [-0.2, 0) is 12.7 Å². The Kier molecular flexibility index (Phi) is 4.23. The Morgan fingerprint density at radius 1 is 1.48 bits per heavy atom. The fraction of sp³-hybridized carbons (Fsp3) is 0.300. The van der Waals surface area contributed by atoms with Gasteiger partial charge in [-0.25, -0.2) is 20.7 Å². The van der Waals surface area contributed by atoms with E-state index in [1.54, 1.807) is 6.92 Å². The molecule has 0 unspecified atom stereocenters. The Morgan fingerprint density at radius 2 is 2.19 bits per heavy atom. The van der Waals surface area contributed by atoms with Crippen molar-refractivity contribution in [3.63, 3.8) is 0 Å². The third kappa shape index (κ3) is 3.36. The second-order valence-electron chi connectivity index (χ2n) is 3.88. The number of aromatic nitrogens is 4. The van der Waals surface area contributed by atoms with Crippen LogP contribution in [0.4, 0.5) is 19.0 Å². The number of hydrogen-bond donors (Lipinski definition) is 3. The summed E-state index contributed by atoms with van der Waals surface area (Å²) in [6.07, 6.45) is -4.53. The van der Waals surface area contributed by atoms with Gasteiger partial charge in [0.05, 0.1) is 5.56 Å². The lowest BCUT2D eigenvalue weighted by atomic mass is 10.2. The molecule has 0 saturated carbocycles. The van der Waals surface area contributed by atoms with E-state index < -0.39 is 17.4 Å². The van der Waals surface area contributed by atoms with Crippen LogP contribution in [0.1, 0.15) is 12.5 Å². The SMILES string of the molecule is CCn1c(Sc2cc(C(F)(F)F)cc(NN)n2)n[nH]c1=O. The number of nitrogens with one attached hydrogen (secondary N) is 2. The smallest absolute Gasteiger partial charge is 0.308 e. The molecule has 2 rings (SSSR count). The molecule has 0 aromatic carbocycles. The molecule has 11 heteroatoms. The summed E-state index contributed by atoms with van der Waals surface area (Å²) in [4.78, 5) is 15.3. The molecule has 7 nitrogen and oxygen atoms in total. The second-order valence-corrected chi connectivity index (χ2v) is 4.87. The number of pyridine rings is 1. The number of halogens is 3. The molecular formula is C10H11F3N6OS. The van der Waals surface area contributed by atoms with Crippen LogP contribution in [0.3, 0.4) is 0 Å². The number of nitrogen functional groups attached to an aromatic ring is 1. The van der Waals surface area contributed by atoms with Gasteiger partial charge < -0.3 is 5.43 Å². The van der Waals surface area contributed by atoms with Gasteiger partial charge in [0.2, 0.25) is 0 Å². The first-order chi connectivity index (χ1) is 9.85. The predicted octanol–water partition coefficient (Wildman–Crippen LogP) is 1.44. The zero-order valence-electron chi connectivity index (χ0n) is 10.7. The molecule has 2 aromatic rings. The number of alkyl halides is 3. The standard InChI is InChI=1S/C10H11F3N6OS/c1-2-19-8(20)17-18-9(19)21-7-4-5(10(11,12)13)3-6(15-7)16-14/h3-4H,2,14H2,1H3,(H,15,16)(H,17,20). The van der Waals surface area contributed by atoms with Crippen molar-refractivity contribution in [1.82, 2.24) is 19.7 Å². The van der Waals surface area contributed by atoms with Crippen LogP contribution >= 0.6 is 11.8 Å². The van der Waals surface area contributed by atoms with E-state index in [0.29, 0.717) is 6.54 Å². The van der Waals surface area contributed by atoms with Gasteiger partial charge in [-0.05, 0) is 30.8 Å². The molecule has 0 aliphatic carbocycles. The first-order valence-corrected chi connectivity index (χ1v) is 6.55. The van der Waals surface area contributed by atoms with Gasteiger partial charge in [0.1, 0.15) is 10.8 Å². The summed E-state index contributed by atoms with van der Waals surface area (Å²) in [5.41, 5.74) is 0.743. The molecule has 2 heterocycles. The minimum atomic E-state index is -4.53. The molecule has 0 bridgehead atoms. The van der Waals surface area contributed by atoms with E-state index in [1.165, 1.54) is 4.57 Å². The maximum atomic E-state index is 12.8. The van der Waals surface area contributed by atoms with E-state index >= 15 is 0 Å². The highest BCUT2D eigenvalue weighted by molar-refractivity contribution is 7.99. The third-order valence-corrected chi connectivity index (χ3v) is 3.42. The van der Waals surface area contributed by atoms with E-state index in [0.717, 1.165) is 23.9 Å². The zero-order chi connectivity index (χ0) is 15.6. The predicted molar refractivity (Wildman–Crippen MR) is 69.7 cm³/mol. The number of aromatic amines is 1. The summed E-state index contributed by atoms with van der Waals surface area (Å²) in [6.45, 7) is 2.05. The van der Waals surface area contributed by atoms with Crippen molar-refractivity contribution >= 4 is 17.6 Å². The van der Waals surface area contributed by atoms with Crippen LogP contribution in [0.25, 0.3) is 0 Å². The minimum Gasteiger partial charge on any atom is -0.308 e. The largest absolute Gasteiger partial charge is 0.416 e. The molecule has 0 fully saturated rings. The fourth-order valence-corrected chi connectivity index (χ4v) is 2.48. The Labute approximate surface area is 120 Å². The van der Waals surface area contributed by atoms with Crippen molar-refractivity contribution in [3.05, 3.63) is 28.2 Å². The third-order valence-electron chi connectivity index (χ3n) is 2.51. The van der Waals surface area contributed by atoms with E-state index in [-0.39, 0.29) is 16.0 Å². The van der Waals surface area contributed by atoms with E-state index in [1.807, 2.05) is 0 Å². The lowest BCUT2D eigenvalue weighted by Crippen LogP contribution is -2.16. The van der Waals surface area contributed by atoms with Crippen LogP contribution in [0.15, 0.2) is 27.1 Å². The van der Waals surface area contributed by atoms with Gasteiger partial charge >= 0.3 is 11.9 Å². The number of hydrazine groups is 1. The fourth-order valence-electron chi connectivity index (χ4n) is 1.55. The van der Waals surface area contributed by atoms with E-state index in [2.05, 4.69) is 20.6 Å². The van der Waals surface area contributed by atoms with Gasteiger partial charge in [0.15, 0.2) is 5.16 Å². The normalized spacial score (nSPS) is 11.7. The number of H-pyrrole nitrogens is 1. The van der Waals surface area contributed by atoms with Gasteiger partial charge in [0.25, 0.3) is 0 Å². The Morgan fingerprint density at radius 3 is 2.76 bits per heavy atom. The molecule has 21 heavy (non-hydrogen) atoms. The summed E-state index contributed by atoms with van der Waals surface area (Å²) in [5, 5.41) is 6.21. The maximum Gasteiger partial charge on any atom is 0.416 e. The monoisotopic (exact) mass is 320 g/mol. The van der Waals surface area contributed by atoms with Gasteiger partial charge in [-0.15, -0.1) is 5.10 Å². The number of rotatable bonds is 4. The first kappa shape index (κ1) is 15.4. The lowest BCUT2D eigenvalue weighted by molar-refractivity contribution is -0.137. The summed E-state index contributed by atoms with van der Waals surface area (Å²) >= 11 is 0.833. The van der Waals surface area contributed by atoms with E-state index in [9.17, 15) is 18.0 Å². The number of nitrogens with two attached hydrogens (primary N) is 1. The van der Waals surface area contributed by atoms with Crippen molar-refractivity contribution in [3.8, 4) is 0 Å². The average molecular weight is 320 g/mol. The highest BCUT2D eigenvalue weighted by Gasteiger charge is 2.32. The van der Waals surface area contributed by atoms with Crippen LogP contribution < -0.4 is 17.0 Å². The molecule has 0 radical (unpaired) electrons. The van der Waals surface area contributed by atoms with Gasteiger partial charge in [-0.1, -0.05) is 0 Å². The van der Waals surface area contributed by atoms with Gasteiger partial charge in [0, 0.05) is 6.54 Å². The second kappa shape index (κ2) is 5.77. The summed E-state index contributed by atoms with van der Waals surface area (Å²) in [6, 6.07) is 1.66. The van der Waals surface area contributed by atoms with Gasteiger partial charge in [-0.3, -0.25) is 4.57 Å². The van der Waals surface area contributed by atoms with E-state index in [4.69, 9.17) is 5.84 Å². The number of hydrogen-bond acceptors (Lipinski definition) is 6. The molecule has 0 atom stereocenters. The quantitative estimate of drug-likeness (QED) is 0.582. The zero-order valence-corrected chi connectivity index (χ0v) is 11.5. The number of nitrogens with zero attached hydrogens (tertiary/aromatic N) is 3. The van der Waals surface area contributed by atoms with Crippen molar-refractivity contribution in [2.45, 2.75) is 29.8 Å². The Hall–Kier alpha value is -2.01. The highest BCUT2D eigenvalue weighted by Crippen LogP contribution is 2.34. The van der Waals surface area contributed by atoms with Crippen LogP contribution in [0, 0.1) is 0 Å². The molecule has 114 valence electrons. The molecule has 0 spiro atoms. The van der Waals surface area contributed by atoms with Crippen LogP contribution in [0.5, 0.6) is 0 Å². The Balaban J connectivity index is 2.42.